The van der Waals surface area contributed by atoms with Gasteiger partial charge in [-0.05, 0) is 46.0 Å². The summed E-state index contributed by atoms with van der Waals surface area (Å²) in [7, 11) is 7.37. The summed E-state index contributed by atoms with van der Waals surface area (Å²) in [6.45, 7) is 3.43. The van der Waals surface area contributed by atoms with E-state index in [1.165, 1.54) is 0 Å². The summed E-state index contributed by atoms with van der Waals surface area (Å²) in [5.41, 5.74) is 0.557. The Morgan fingerprint density at radius 2 is 1.96 bits per heavy atom. The molecule has 1 aliphatic rings. The number of hydrogen-bond donors (Lipinski definition) is 1. The van der Waals surface area contributed by atoms with E-state index >= 15 is 0 Å². The maximum absolute atomic E-state index is 10.8. The Bertz CT molecular complexity index is 507. The molecule has 5 heteroatoms. The molecule has 1 aromatic carbocycles. The van der Waals surface area contributed by atoms with E-state index in [0.29, 0.717) is 0 Å². The molecular weight excluding hydrogens is 292 g/mol. The zero-order chi connectivity index (χ0) is 16.9. The molecule has 1 saturated heterocycles. The molecule has 130 valence electrons. The van der Waals surface area contributed by atoms with Gasteiger partial charge in [-0.15, -0.1) is 0 Å². The van der Waals surface area contributed by atoms with Crippen LogP contribution in [0.15, 0.2) is 18.2 Å². The van der Waals surface area contributed by atoms with Crippen molar-refractivity contribution >= 4 is 0 Å². The average molecular weight is 322 g/mol. The molecule has 0 aliphatic carbocycles. The third-order valence-corrected chi connectivity index (χ3v) is 4.50. The van der Waals surface area contributed by atoms with Crippen molar-refractivity contribution in [2.45, 2.75) is 31.4 Å². The third kappa shape index (κ3) is 4.83. The third-order valence-electron chi connectivity index (χ3n) is 4.50. The van der Waals surface area contributed by atoms with Gasteiger partial charge in [-0.1, -0.05) is 12.1 Å². The number of ether oxygens (including phenoxy) is 2. The van der Waals surface area contributed by atoms with Crippen molar-refractivity contribution in [3.63, 3.8) is 0 Å². The monoisotopic (exact) mass is 322 g/mol. The molecule has 0 spiro atoms. The second kappa shape index (κ2) is 7.99. The van der Waals surface area contributed by atoms with Crippen LogP contribution in [0.3, 0.4) is 0 Å². The van der Waals surface area contributed by atoms with Gasteiger partial charge >= 0.3 is 0 Å². The van der Waals surface area contributed by atoms with E-state index in [9.17, 15) is 5.11 Å². The second-order valence-electron chi connectivity index (χ2n) is 6.74. The van der Waals surface area contributed by atoms with E-state index in [4.69, 9.17) is 9.47 Å². The lowest BCUT2D eigenvalue weighted by Crippen LogP contribution is -2.40. The summed E-state index contributed by atoms with van der Waals surface area (Å²) in [6, 6.07) is 6.00. The highest BCUT2D eigenvalue weighted by molar-refractivity contribution is 5.46. The highest BCUT2D eigenvalue weighted by Crippen LogP contribution is 2.32. The molecule has 0 radical (unpaired) electrons. The van der Waals surface area contributed by atoms with Crippen molar-refractivity contribution in [3.8, 4) is 11.5 Å². The number of rotatable bonds is 6. The fraction of sp³-hybridized carbons (Fsp3) is 0.667. The standard InChI is InChI=1S/C18H30N2O3/c1-19(2)14-18(21)9-6-11-20(12-10-18)13-15-7-5-8-16(22-3)17(15)23-4/h5,7-8,21H,6,9-14H2,1-4H3/t18-/m1/s1. The van der Waals surface area contributed by atoms with Gasteiger partial charge in [-0.2, -0.15) is 0 Å². The average Bonchev–Trinajstić information content (AvgIpc) is 2.68. The predicted octanol–water partition coefficient (Wildman–Crippen LogP) is 1.98. The molecule has 0 unspecified atom stereocenters. The predicted molar refractivity (Wildman–Crippen MR) is 92.2 cm³/mol. The summed E-state index contributed by atoms with van der Waals surface area (Å²) in [5.74, 6) is 1.58. The minimum absolute atomic E-state index is 0.573. The van der Waals surface area contributed by atoms with Gasteiger partial charge in [0.15, 0.2) is 11.5 Å². The highest BCUT2D eigenvalue weighted by Gasteiger charge is 2.30. The van der Waals surface area contributed by atoms with Crippen LogP contribution in [-0.4, -0.2) is 68.5 Å². The molecule has 0 aromatic heterocycles. The SMILES string of the molecule is COc1cccc(CN2CCC[C@](O)(CN(C)C)CC2)c1OC. The zero-order valence-electron chi connectivity index (χ0n) is 14.8. The van der Waals surface area contributed by atoms with Gasteiger partial charge in [0.2, 0.25) is 0 Å². The topological polar surface area (TPSA) is 45.2 Å². The van der Waals surface area contributed by atoms with Crippen LogP contribution in [0.5, 0.6) is 11.5 Å². The number of methoxy groups -OCH3 is 2. The summed E-state index contributed by atoms with van der Waals surface area (Å²) < 4.78 is 10.9. The first kappa shape index (κ1) is 18.0. The smallest absolute Gasteiger partial charge is 0.165 e. The fourth-order valence-electron chi connectivity index (χ4n) is 3.46. The van der Waals surface area contributed by atoms with Crippen molar-refractivity contribution in [3.05, 3.63) is 23.8 Å². The lowest BCUT2D eigenvalue weighted by molar-refractivity contribution is 0.00257. The van der Waals surface area contributed by atoms with Crippen molar-refractivity contribution in [1.82, 2.24) is 9.80 Å². The maximum Gasteiger partial charge on any atom is 0.165 e. The van der Waals surface area contributed by atoms with Crippen LogP contribution >= 0.6 is 0 Å². The fourth-order valence-corrected chi connectivity index (χ4v) is 3.46. The first-order valence-electron chi connectivity index (χ1n) is 8.27. The van der Waals surface area contributed by atoms with Crippen LogP contribution in [0.25, 0.3) is 0 Å². The van der Waals surface area contributed by atoms with Gasteiger partial charge < -0.3 is 19.5 Å². The van der Waals surface area contributed by atoms with Gasteiger partial charge in [-0.3, -0.25) is 4.90 Å². The van der Waals surface area contributed by atoms with Gasteiger partial charge in [0, 0.05) is 25.2 Å². The minimum Gasteiger partial charge on any atom is -0.493 e. The van der Waals surface area contributed by atoms with E-state index in [0.717, 1.165) is 62.5 Å². The minimum atomic E-state index is -0.573. The van der Waals surface area contributed by atoms with E-state index in [1.807, 2.05) is 26.2 Å². The Morgan fingerprint density at radius 1 is 1.17 bits per heavy atom. The van der Waals surface area contributed by atoms with Crippen LogP contribution in [0.4, 0.5) is 0 Å². The molecule has 1 heterocycles. The van der Waals surface area contributed by atoms with Crippen molar-refractivity contribution in [1.29, 1.82) is 0 Å². The first-order valence-corrected chi connectivity index (χ1v) is 8.27. The Kier molecular flexibility index (Phi) is 6.27. The molecule has 0 bridgehead atoms. The summed E-state index contributed by atoms with van der Waals surface area (Å²) in [6.07, 6.45) is 2.67. The highest BCUT2D eigenvalue weighted by atomic mass is 16.5. The van der Waals surface area contributed by atoms with Gasteiger partial charge in [0.1, 0.15) is 0 Å². The molecule has 1 atom stereocenters. The van der Waals surface area contributed by atoms with Crippen molar-refractivity contribution in [2.24, 2.45) is 0 Å². The van der Waals surface area contributed by atoms with Gasteiger partial charge in [0.25, 0.3) is 0 Å². The summed E-state index contributed by atoms with van der Waals surface area (Å²) in [4.78, 5) is 4.46. The molecule has 23 heavy (non-hydrogen) atoms. The second-order valence-corrected chi connectivity index (χ2v) is 6.74. The number of nitrogens with zero attached hydrogens (tertiary/aromatic N) is 2. The van der Waals surface area contributed by atoms with Crippen LogP contribution in [0.2, 0.25) is 0 Å². The van der Waals surface area contributed by atoms with E-state index in [-0.39, 0.29) is 0 Å². The van der Waals surface area contributed by atoms with Gasteiger partial charge in [0.05, 0.1) is 19.8 Å². The molecule has 0 saturated carbocycles. The molecule has 1 N–H and O–H groups in total. The first-order chi connectivity index (χ1) is 11.0. The summed E-state index contributed by atoms with van der Waals surface area (Å²) >= 11 is 0. The molecular formula is C18H30N2O3. The normalized spacial score (nSPS) is 22.9. The van der Waals surface area contributed by atoms with Crippen LogP contribution in [0, 0.1) is 0 Å². The molecule has 2 rings (SSSR count). The van der Waals surface area contributed by atoms with Crippen molar-refractivity contribution in [2.75, 3.05) is 47.9 Å². The number of benzene rings is 1. The maximum atomic E-state index is 10.8. The molecule has 0 amide bonds. The Morgan fingerprint density at radius 3 is 2.61 bits per heavy atom. The van der Waals surface area contributed by atoms with Gasteiger partial charge in [-0.25, -0.2) is 0 Å². The lowest BCUT2D eigenvalue weighted by atomic mass is 9.94. The summed E-state index contributed by atoms with van der Waals surface area (Å²) in [5, 5.41) is 10.8. The largest absolute Gasteiger partial charge is 0.493 e. The van der Waals surface area contributed by atoms with Crippen LogP contribution in [0.1, 0.15) is 24.8 Å². The Hall–Kier alpha value is -1.30. The molecule has 1 fully saturated rings. The molecule has 1 aliphatic heterocycles. The Labute approximate surface area is 139 Å². The van der Waals surface area contributed by atoms with E-state index in [2.05, 4.69) is 15.9 Å². The van der Waals surface area contributed by atoms with Crippen LogP contribution < -0.4 is 9.47 Å². The number of para-hydroxylation sites is 1. The van der Waals surface area contributed by atoms with E-state index < -0.39 is 5.60 Å². The number of aliphatic hydroxyl groups is 1. The molecule has 1 aromatic rings. The quantitative estimate of drug-likeness (QED) is 0.868. The zero-order valence-corrected chi connectivity index (χ0v) is 14.8. The lowest BCUT2D eigenvalue weighted by Gasteiger charge is -2.30. The number of likely N-dealkylation sites (N-methyl/N-ethyl adjacent to an activating group) is 1. The molecule has 5 nitrogen and oxygen atoms in total. The van der Waals surface area contributed by atoms with Crippen molar-refractivity contribution < 1.29 is 14.6 Å². The van der Waals surface area contributed by atoms with Crippen LogP contribution in [-0.2, 0) is 6.54 Å². The van der Waals surface area contributed by atoms with E-state index in [1.54, 1.807) is 14.2 Å². The Balaban J connectivity index is 2.04. The number of likely N-dealkylation sites (tertiary alicyclic amines) is 1. The number of hydrogen-bond acceptors (Lipinski definition) is 5.